The van der Waals surface area contributed by atoms with Crippen molar-refractivity contribution in [1.82, 2.24) is 0 Å². The van der Waals surface area contributed by atoms with E-state index in [9.17, 15) is 15.0 Å². The van der Waals surface area contributed by atoms with Crippen LogP contribution in [0, 0.1) is 28.1 Å². The zero-order chi connectivity index (χ0) is 16.9. The van der Waals surface area contributed by atoms with Crippen molar-refractivity contribution in [3.8, 4) is 0 Å². The summed E-state index contributed by atoms with van der Waals surface area (Å²) in [5.74, 6) is 1.08. The van der Waals surface area contributed by atoms with Gasteiger partial charge >= 0.3 is 0 Å². The molecule has 5 atom stereocenters. The fourth-order valence-corrected chi connectivity index (χ4v) is 6.22. The van der Waals surface area contributed by atoms with Crippen molar-refractivity contribution in [2.45, 2.75) is 65.7 Å². The van der Waals surface area contributed by atoms with Crippen LogP contribution in [0.3, 0.4) is 0 Å². The fourth-order valence-electron chi connectivity index (χ4n) is 6.22. The van der Waals surface area contributed by atoms with Gasteiger partial charge in [-0.15, -0.1) is 0 Å². The van der Waals surface area contributed by atoms with Crippen LogP contribution < -0.4 is 0 Å². The molecule has 0 spiro atoms. The first-order chi connectivity index (χ1) is 10.8. The number of carbonyl (C=O) groups is 1. The lowest BCUT2D eigenvalue weighted by Gasteiger charge is -2.60. The summed E-state index contributed by atoms with van der Waals surface area (Å²) in [5.41, 5.74) is 1.28. The van der Waals surface area contributed by atoms with Gasteiger partial charge in [0.1, 0.15) is 6.61 Å². The van der Waals surface area contributed by atoms with Crippen LogP contribution in [0.5, 0.6) is 0 Å². The second-order valence-corrected chi connectivity index (χ2v) is 9.07. The van der Waals surface area contributed by atoms with Gasteiger partial charge in [-0.2, -0.15) is 0 Å². The van der Waals surface area contributed by atoms with E-state index in [0.717, 1.165) is 32.1 Å². The first-order valence-electron chi connectivity index (χ1n) is 9.26. The molecule has 3 rings (SSSR count). The third kappa shape index (κ3) is 2.51. The topological polar surface area (TPSA) is 57.5 Å². The second-order valence-electron chi connectivity index (χ2n) is 9.07. The van der Waals surface area contributed by atoms with E-state index >= 15 is 0 Å². The van der Waals surface area contributed by atoms with E-state index in [1.165, 1.54) is 18.4 Å². The summed E-state index contributed by atoms with van der Waals surface area (Å²) >= 11 is 0. The Morgan fingerprint density at radius 2 is 1.91 bits per heavy atom. The van der Waals surface area contributed by atoms with Gasteiger partial charge in [0.15, 0.2) is 5.78 Å². The highest BCUT2D eigenvalue weighted by atomic mass is 16.3. The van der Waals surface area contributed by atoms with Crippen molar-refractivity contribution >= 4 is 5.78 Å². The standard InChI is InChI=1S/C20H32O3/c1-18(17(23)12-21)10-7-15-14(11-18)5-6-16-19(2,13-22)8-4-9-20(15,16)3/h11,15-16,21-22H,4-10,12-13H2,1-3H3/t15-,16-,18+,19-,20?/m1/s1. The van der Waals surface area contributed by atoms with E-state index in [2.05, 4.69) is 19.9 Å². The average molecular weight is 320 g/mol. The molecule has 2 fully saturated rings. The van der Waals surface area contributed by atoms with E-state index in [-0.39, 0.29) is 23.2 Å². The largest absolute Gasteiger partial charge is 0.396 e. The van der Waals surface area contributed by atoms with Crippen molar-refractivity contribution < 1.29 is 15.0 Å². The number of carbonyl (C=O) groups excluding carboxylic acids is 1. The van der Waals surface area contributed by atoms with Crippen LogP contribution >= 0.6 is 0 Å². The number of ketones is 1. The first-order valence-corrected chi connectivity index (χ1v) is 9.26. The summed E-state index contributed by atoms with van der Waals surface area (Å²) in [4.78, 5) is 12.1. The SMILES string of the molecule is CC12CCC[C@](C)(CO)[C@H]1CCC1=C[C@@](C)(C(=O)CO)CC[C@H]12. The molecule has 3 aliphatic rings. The highest BCUT2D eigenvalue weighted by Gasteiger charge is 2.56. The van der Waals surface area contributed by atoms with Gasteiger partial charge in [0.05, 0.1) is 0 Å². The molecule has 0 amide bonds. The zero-order valence-corrected chi connectivity index (χ0v) is 14.9. The highest BCUT2D eigenvalue weighted by Crippen LogP contribution is 2.63. The smallest absolute Gasteiger partial charge is 0.167 e. The minimum atomic E-state index is -0.473. The molecule has 23 heavy (non-hydrogen) atoms. The number of fused-ring (bicyclic) bond motifs is 3. The number of hydrogen-bond acceptors (Lipinski definition) is 3. The van der Waals surface area contributed by atoms with Gasteiger partial charge in [0.25, 0.3) is 0 Å². The predicted molar refractivity (Wildman–Crippen MR) is 90.9 cm³/mol. The number of rotatable bonds is 3. The van der Waals surface area contributed by atoms with Gasteiger partial charge in [-0.3, -0.25) is 4.79 Å². The zero-order valence-electron chi connectivity index (χ0n) is 14.9. The Labute approximate surface area is 140 Å². The quantitative estimate of drug-likeness (QED) is 0.783. The molecule has 0 heterocycles. The maximum atomic E-state index is 12.1. The molecule has 1 unspecified atom stereocenters. The fraction of sp³-hybridized carbons (Fsp3) is 0.850. The van der Waals surface area contributed by atoms with Crippen LogP contribution in [0.4, 0.5) is 0 Å². The molecule has 3 heteroatoms. The second kappa shape index (κ2) is 5.70. The van der Waals surface area contributed by atoms with Gasteiger partial charge in [-0.1, -0.05) is 31.9 Å². The number of aliphatic hydroxyl groups excluding tert-OH is 2. The van der Waals surface area contributed by atoms with Crippen LogP contribution in [0.2, 0.25) is 0 Å². The molecule has 0 aromatic rings. The lowest BCUT2D eigenvalue weighted by atomic mass is 9.45. The number of allylic oxidation sites excluding steroid dienone is 2. The third-order valence-corrected chi connectivity index (χ3v) is 7.66. The summed E-state index contributed by atoms with van der Waals surface area (Å²) in [6.45, 7) is 6.63. The lowest BCUT2D eigenvalue weighted by molar-refractivity contribution is -0.130. The lowest BCUT2D eigenvalue weighted by Crippen LogP contribution is -2.53. The molecule has 0 radical (unpaired) electrons. The summed E-state index contributed by atoms with van der Waals surface area (Å²) in [7, 11) is 0. The summed E-state index contributed by atoms with van der Waals surface area (Å²) in [5, 5.41) is 19.3. The molecule has 2 N–H and O–H groups in total. The highest BCUT2D eigenvalue weighted by molar-refractivity contribution is 5.87. The number of aliphatic hydroxyl groups is 2. The predicted octanol–water partition coefficient (Wildman–Crippen LogP) is 3.49. The van der Waals surface area contributed by atoms with Crippen LogP contribution in [-0.4, -0.2) is 29.2 Å². The molecule has 0 saturated heterocycles. The van der Waals surface area contributed by atoms with Gasteiger partial charge in [0.2, 0.25) is 0 Å². The maximum Gasteiger partial charge on any atom is 0.167 e. The molecule has 130 valence electrons. The molecule has 3 aliphatic carbocycles. The van der Waals surface area contributed by atoms with Crippen LogP contribution in [-0.2, 0) is 4.79 Å². The van der Waals surface area contributed by atoms with Crippen molar-refractivity contribution in [1.29, 1.82) is 0 Å². The van der Waals surface area contributed by atoms with Crippen LogP contribution in [0.15, 0.2) is 11.6 Å². The normalized spacial score (nSPS) is 46.6. The van der Waals surface area contributed by atoms with E-state index in [4.69, 9.17) is 0 Å². The summed E-state index contributed by atoms with van der Waals surface area (Å²) < 4.78 is 0. The van der Waals surface area contributed by atoms with Crippen molar-refractivity contribution in [3.63, 3.8) is 0 Å². The van der Waals surface area contributed by atoms with E-state index in [1.807, 2.05) is 6.92 Å². The molecule has 0 aromatic carbocycles. The van der Waals surface area contributed by atoms with Gasteiger partial charge < -0.3 is 10.2 Å². The first kappa shape index (κ1) is 17.2. The van der Waals surface area contributed by atoms with E-state index in [1.54, 1.807) is 0 Å². The molecule has 2 saturated carbocycles. The Bertz CT molecular complexity index is 525. The molecule has 0 aliphatic heterocycles. The number of Topliss-reactive ketones (excluding diaryl/α,β-unsaturated/α-hetero) is 1. The third-order valence-electron chi connectivity index (χ3n) is 7.66. The van der Waals surface area contributed by atoms with Crippen molar-refractivity contribution in [3.05, 3.63) is 11.6 Å². The molecule has 0 aromatic heterocycles. The Morgan fingerprint density at radius 3 is 2.57 bits per heavy atom. The maximum absolute atomic E-state index is 12.1. The Hall–Kier alpha value is -0.670. The monoisotopic (exact) mass is 320 g/mol. The van der Waals surface area contributed by atoms with Crippen LogP contribution in [0.1, 0.15) is 65.7 Å². The Kier molecular flexibility index (Phi) is 4.25. The minimum absolute atomic E-state index is 0.0421. The van der Waals surface area contributed by atoms with Crippen molar-refractivity contribution in [2.75, 3.05) is 13.2 Å². The average Bonchev–Trinajstić information content (AvgIpc) is 2.53. The van der Waals surface area contributed by atoms with Gasteiger partial charge in [-0.05, 0) is 68.1 Å². The molecular formula is C20H32O3. The van der Waals surface area contributed by atoms with Gasteiger partial charge in [-0.25, -0.2) is 0 Å². The molecule has 0 bridgehead atoms. The summed E-state index contributed by atoms with van der Waals surface area (Å²) in [6.07, 6.45) is 9.83. The Balaban J connectivity index is 1.94. The van der Waals surface area contributed by atoms with E-state index < -0.39 is 5.41 Å². The molecule has 3 nitrogen and oxygen atoms in total. The van der Waals surface area contributed by atoms with Gasteiger partial charge in [0, 0.05) is 12.0 Å². The Morgan fingerprint density at radius 1 is 1.17 bits per heavy atom. The van der Waals surface area contributed by atoms with Crippen molar-refractivity contribution in [2.24, 2.45) is 28.1 Å². The van der Waals surface area contributed by atoms with E-state index in [0.29, 0.717) is 18.4 Å². The van der Waals surface area contributed by atoms with Crippen LogP contribution in [0.25, 0.3) is 0 Å². The minimum Gasteiger partial charge on any atom is -0.396 e. The summed E-state index contributed by atoms with van der Waals surface area (Å²) in [6, 6.07) is 0. The number of hydrogen-bond donors (Lipinski definition) is 2. The molecular weight excluding hydrogens is 288 g/mol.